The molecular formula is C16H14N8OS. The fourth-order valence-electron chi connectivity index (χ4n) is 2.42. The maximum absolute atomic E-state index is 12.5. The van der Waals surface area contributed by atoms with E-state index in [-0.39, 0.29) is 18.1 Å². The standard InChI is InChI=1S/C16H14N8OS/c1-9-23-24-12(21-22-16(24)26-9)8-19-15(25)13-14(17)18-7-11(20-13)10-5-3-2-4-6-10/h2-7H,8H2,1H3,(H2,17,18)(H,19,25). The average Bonchev–Trinajstić information content (AvgIpc) is 3.20. The molecule has 0 aliphatic carbocycles. The molecule has 0 aliphatic heterocycles. The van der Waals surface area contributed by atoms with Crippen LogP contribution in [0.2, 0.25) is 0 Å². The summed E-state index contributed by atoms with van der Waals surface area (Å²) >= 11 is 1.43. The van der Waals surface area contributed by atoms with Crippen molar-refractivity contribution in [2.75, 3.05) is 5.73 Å². The molecule has 0 unspecified atom stereocenters. The number of hydrogen-bond donors (Lipinski definition) is 2. The number of carbonyl (C=O) groups is 1. The smallest absolute Gasteiger partial charge is 0.274 e. The van der Waals surface area contributed by atoms with Gasteiger partial charge >= 0.3 is 0 Å². The summed E-state index contributed by atoms with van der Waals surface area (Å²) in [4.78, 5) is 21.6. The summed E-state index contributed by atoms with van der Waals surface area (Å²) < 4.78 is 1.61. The van der Waals surface area contributed by atoms with Crippen molar-refractivity contribution in [2.45, 2.75) is 13.5 Å². The van der Waals surface area contributed by atoms with Gasteiger partial charge in [-0.25, -0.2) is 9.97 Å². The van der Waals surface area contributed by atoms with Crippen molar-refractivity contribution in [3.05, 3.63) is 53.1 Å². The normalized spacial score (nSPS) is 11.0. The molecule has 0 spiro atoms. The molecule has 0 fully saturated rings. The van der Waals surface area contributed by atoms with Crippen LogP contribution in [0.1, 0.15) is 21.3 Å². The van der Waals surface area contributed by atoms with Gasteiger partial charge in [0.05, 0.1) is 18.4 Å². The maximum Gasteiger partial charge on any atom is 0.274 e. The van der Waals surface area contributed by atoms with E-state index in [4.69, 9.17) is 5.73 Å². The lowest BCUT2D eigenvalue weighted by Gasteiger charge is -2.07. The number of rotatable bonds is 4. The van der Waals surface area contributed by atoms with Gasteiger partial charge in [-0.3, -0.25) is 4.79 Å². The van der Waals surface area contributed by atoms with Crippen molar-refractivity contribution >= 4 is 28.0 Å². The van der Waals surface area contributed by atoms with Gasteiger partial charge in [0.2, 0.25) is 4.96 Å². The summed E-state index contributed by atoms with van der Waals surface area (Å²) in [6, 6.07) is 9.46. The van der Waals surface area contributed by atoms with E-state index in [0.717, 1.165) is 10.6 Å². The first kappa shape index (κ1) is 16.1. The molecule has 130 valence electrons. The lowest BCUT2D eigenvalue weighted by atomic mass is 10.1. The van der Waals surface area contributed by atoms with Gasteiger partial charge in [0.15, 0.2) is 17.3 Å². The van der Waals surface area contributed by atoms with Crippen LogP contribution in [0.15, 0.2) is 36.5 Å². The van der Waals surface area contributed by atoms with E-state index in [2.05, 4.69) is 30.6 Å². The van der Waals surface area contributed by atoms with Crippen LogP contribution >= 0.6 is 11.3 Å². The lowest BCUT2D eigenvalue weighted by Crippen LogP contribution is -2.26. The molecular weight excluding hydrogens is 352 g/mol. The number of fused-ring (bicyclic) bond motifs is 1. The van der Waals surface area contributed by atoms with Crippen LogP contribution in [0.3, 0.4) is 0 Å². The lowest BCUT2D eigenvalue weighted by molar-refractivity contribution is 0.0945. The second-order valence-corrected chi connectivity index (χ2v) is 6.63. The SMILES string of the molecule is Cc1nn2c(CNC(=O)c3nc(-c4ccccc4)cnc3N)nnc2s1. The second kappa shape index (κ2) is 6.48. The van der Waals surface area contributed by atoms with E-state index in [9.17, 15) is 4.79 Å². The Morgan fingerprint density at radius 1 is 1.27 bits per heavy atom. The molecule has 1 amide bonds. The third kappa shape index (κ3) is 2.97. The second-order valence-electron chi connectivity index (χ2n) is 5.47. The minimum absolute atomic E-state index is 0.0677. The molecule has 4 rings (SSSR count). The van der Waals surface area contributed by atoms with E-state index in [1.54, 1.807) is 10.7 Å². The molecule has 26 heavy (non-hydrogen) atoms. The summed E-state index contributed by atoms with van der Waals surface area (Å²) in [5.41, 5.74) is 7.33. The summed E-state index contributed by atoms with van der Waals surface area (Å²) in [6.07, 6.45) is 1.54. The Balaban J connectivity index is 1.56. The van der Waals surface area contributed by atoms with E-state index >= 15 is 0 Å². The highest BCUT2D eigenvalue weighted by molar-refractivity contribution is 7.16. The van der Waals surface area contributed by atoms with Crippen molar-refractivity contribution in [3.63, 3.8) is 0 Å². The first-order valence-electron chi connectivity index (χ1n) is 7.75. The number of nitrogens with zero attached hydrogens (tertiary/aromatic N) is 6. The van der Waals surface area contributed by atoms with Crippen LogP contribution in [0.25, 0.3) is 16.2 Å². The van der Waals surface area contributed by atoms with Gasteiger partial charge in [0, 0.05) is 5.56 Å². The molecule has 3 heterocycles. The largest absolute Gasteiger partial charge is 0.382 e. The number of nitrogens with one attached hydrogen (secondary N) is 1. The number of aryl methyl sites for hydroxylation is 1. The van der Waals surface area contributed by atoms with Crippen LogP contribution < -0.4 is 11.1 Å². The fraction of sp³-hybridized carbons (Fsp3) is 0.125. The predicted octanol–water partition coefficient (Wildman–Crippen LogP) is 1.46. The Kier molecular flexibility index (Phi) is 4.01. The molecule has 0 saturated carbocycles. The van der Waals surface area contributed by atoms with E-state index < -0.39 is 5.91 Å². The van der Waals surface area contributed by atoms with E-state index in [1.165, 1.54) is 11.3 Å². The Morgan fingerprint density at radius 2 is 2.08 bits per heavy atom. The first-order chi connectivity index (χ1) is 12.6. The number of anilines is 1. The molecule has 0 atom stereocenters. The van der Waals surface area contributed by atoms with Crippen LogP contribution in [-0.4, -0.2) is 35.7 Å². The predicted molar refractivity (Wildman–Crippen MR) is 96.4 cm³/mol. The number of aromatic nitrogens is 6. The van der Waals surface area contributed by atoms with Gasteiger partial charge in [0.25, 0.3) is 5.91 Å². The molecule has 0 saturated heterocycles. The molecule has 4 aromatic rings. The summed E-state index contributed by atoms with van der Waals surface area (Å²) in [5, 5.41) is 16.0. The molecule has 3 N–H and O–H groups in total. The highest BCUT2D eigenvalue weighted by atomic mass is 32.1. The van der Waals surface area contributed by atoms with E-state index in [1.807, 2.05) is 37.3 Å². The van der Waals surface area contributed by atoms with Gasteiger partial charge in [0.1, 0.15) is 5.01 Å². The van der Waals surface area contributed by atoms with Crippen molar-refractivity contribution < 1.29 is 4.79 Å². The van der Waals surface area contributed by atoms with Crippen molar-refractivity contribution in [1.29, 1.82) is 0 Å². The molecule has 1 aromatic carbocycles. The number of nitrogen functional groups attached to an aromatic ring is 1. The number of benzene rings is 1. The Bertz CT molecular complexity index is 1090. The monoisotopic (exact) mass is 366 g/mol. The highest BCUT2D eigenvalue weighted by Crippen LogP contribution is 2.18. The Morgan fingerprint density at radius 3 is 2.88 bits per heavy atom. The van der Waals surface area contributed by atoms with Crippen molar-refractivity contribution in [3.8, 4) is 11.3 Å². The molecule has 0 aliphatic rings. The van der Waals surface area contributed by atoms with E-state index in [0.29, 0.717) is 16.5 Å². The maximum atomic E-state index is 12.5. The molecule has 9 nitrogen and oxygen atoms in total. The van der Waals surface area contributed by atoms with Gasteiger partial charge in [-0.05, 0) is 6.92 Å². The Labute approximate surface area is 151 Å². The average molecular weight is 366 g/mol. The highest BCUT2D eigenvalue weighted by Gasteiger charge is 2.16. The van der Waals surface area contributed by atoms with Gasteiger partial charge in [-0.15, -0.1) is 10.2 Å². The number of nitrogens with two attached hydrogens (primary N) is 1. The Hall–Kier alpha value is -3.40. The van der Waals surface area contributed by atoms with Crippen molar-refractivity contribution in [1.82, 2.24) is 35.1 Å². The summed E-state index contributed by atoms with van der Waals surface area (Å²) in [6.45, 7) is 2.03. The van der Waals surface area contributed by atoms with Crippen LogP contribution in [0, 0.1) is 6.92 Å². The zero-order valence-corrected chi connectivity index (χ0v) is 14.6. The van der Waals surface area contributed by atoms with Crippen molar-refractivity contribution in [2.24, 2.45) is 0 Å². The molecule has 0 radical (unpaired) electrons. The van der Waals surface area contributed by atoms with Gasteiger partial charge < -0.3 is 11.1 Å². The quantitative estimate of drug-likeness (QED) is 0.560. The third-order valence-corrected chi connectivity index (χ3v) is 4.46. The molecule has 3 aromatic heterocycles. The molecule has 0 bridgehead atoms. The van der Waals surface area contributed by atoms with Crippen LogP contribution in [0.4, 0.5) is 5.82 Å². The summed E-state index contributed by atoms with van der Waals surface area (Å²) in [5.74, 6) is 0.165. The zero-order valence-electron chi connectivity index (χ0n) is 13.7. The third-order valence-electron chi connectivity index (χ3n) is 3.65. The minimum atomic E-state index is -0.434. The van der Waals surface area contributed by atoms with Crippen LogP contribution in [-0.2, 0) is 6.54 Å². The zero-order chi connectivity index (χ0) is 18.1. The number of hydrogen-bond acceptors (Lipinski definition) is 8. The first-order valence-corrected chi connectivity index (χ1v) is 8.57. The number of carbonyl (C=O) groups excluding carboxylic acids is 1. The summed E-state index contributed by atoms with van der Waals surface area (Å²) in [7, 11) is 0. The van der Waals surface area contributed by atoms with Gasteiger partial charge in [-0.1, -0.05) is 41.7 Å². The number of amides is 1. The minimum Gasteiger partial charge on any atom is -0.382 e. The van der Waals surface area contributed by atoms with Gasteiger partial charge in [-0.2, -0.15) is 9.61 Å². The fourth-order valence-corrected chi connectivity index (χ4v) is 3.12. The van der Waals surface area contributed by atoms with Crippen LogP contribution in [0.5, 0.6) is 0 Å². The molecule has 10 heteroatoms. The topological polar surface area (TPSA) is 124 Å².